The third-order valence-electron chi connectivity index (χ3n) is 5.11. The molecule has 3 rings (SSSR count). The Bertz CT molecular complexity index is 527. The Morgan fingerprint density at radius 3 is 2.67 bits per heavy atom. The smallest absolute Gasteiger partial charge is 0.317 e. The maximum absolute atomic E-state index is 12.5. The first-order valence-corrected chi connectivity index (χ1v) is 8.88. The molecular formula is C18H28N4O2. The molecule has 6 nitrogen and oxygen atoms in total. The van der Waals surface area contributed by atoms with Gasteiger partial charge in [0.1, 0.15) is 0 Å². The van der Waals surface area contributed by atoms with Crippen LogP contribution in [-0.2, 0) is 4.74 Å². The van der Waals surface area contributed by atoms with Gasteiger partial charge in [0.2, 0.25) is 0 Å². The first kappa shape index (κ1) is 17.2. The van der Waals surface area contributed by atoms with Crippen LogP contribution in [0.15, 0.2) is 24.4 Å². The van der Waals surface area contributed by atoms with Gasteiger partial charge < -0.3 is 15.0 Å². The molecule has 1 saturated heterocycles. The average molecular weight is 332 g/mol. The van der Waals surface area contributed by atoms with Gasteiger partial charge in [0.05, 0.1) is 18.3 Å². The second kappa shape index (κ2) is 7.94. The van der Waals surface area contributed by atoms with Crippen molar-refractivity contribution in [2.75, 3.05) is 39.9 Å². The normalized spacial score (nSPS) is 21.3. The molecule has 0 bridgehead atoms. The second-order valence-electron chi connectivity index (χ2n) is 6.80. The summed E-state index contributed by atoms with van der Waals surface area (Å²) in [6, 6.07) is 6.52. The predicted molar refractivity (Wildman–Crippen MR) is 92.7 cm³/mol. The van der Waals surface area contributed by atoms with Crippen LogP contribution in [-0.4, -0.2) is 66.8 Å². The van der Waals surface area contributed by atoms with Crippen molar-refractivity contribution in [3.63, 3.8) is 0 Å². The van der Waals surface area contributed by atoms with Gasteiger partial charge in [0.25, 0.3) is 0 Å². The van der Waals surface area contributed by atoms with Crippen LogP contribution in [0.25, 0.3) is 0 Å². The van der Waals surface area contributed by atoms with Crippen LogP contribution >= 0.6 is 0 Å². The van der Waals surface area contributed by atoms with Gasteiger partial charge in [-0.25, -0.2) is 4.79 Å². The van der Waals surface area contributed by atoms with Crippen molar-refractivity contribution in [1.29, 1.82) is 0 Å². The fourth-order valence-corrected chi connectivity index (χ4v) is 3.35. The molecule has 2 amide bonds. The largest absolute Gasteiger partial charge is 0.383 e. The summed E-state index contributed by atoms with van der Waals surface area (Å²) >= 11 is 0. The molecule has 0 radical (unpaired) electrons. The summed E-state index contributed by atoms with van der Waals surface area (Å²) in [5.74, 6) is 0.597. The van der Waals surface area contributed by atoms with Crippen molar-refractivity contribution in [2.24, 2.45) is 5.92 Å². The maximum Gasteiger partial charge on any atom is 0.317 e. The number of pyridine rings is 1. The van der Waals surface area contributed by atoms with Crippen molar-refractivity contribution in [1.82, 2.24) is 20.1 Å². The van der Waals surface area contributed by atoms with E-state index >= 15 is 0 Å². The van der Waals surface area contributed by atoms with E-state index in [1.807, 2.05) is 23.2 Å². The molecule has 0 spiro atoms. The molecule has 1 saturated carbocycles. The Kier molecular flexibility index (Phi) is 5.68. The first-order chi connectivity index (χ1) is 11.7. The van der Waals surface area contributed by atoms with Crippen LogP contribution in [0.1, 0.15) is 31.5 Å². The van der Waals surface area contributed by atoms with Gasteiger partial charge in [0, 0.05) is 45.5 Å². The van der Waals surface area contributed by atoms with Crippen molar-refractivity contribution in [2.45, 2.75) is 31.8 Å². The van der Waals surface area contributed by atoms with E-state index in [0.717, 1.165) is 31.9 Å². The van der Waals surface area contributed by atoms with Gasteiger partial charge in [-0.15, -0.1) is 0 Å². The molecule has 1 aliphatic carbocycles. The van der Waals surface area contributed by atoms with Crippen LogP contribution in [0.2, 0.25) is 0 Å². The quantitative estimate of drug-likeness (QED) is 0.864. The first-order valence-electron chi connectivity index (χ1n) is 8.88. The SMILES string of the molecule is COC[C@@H](NC(=O)N1CCN([C@@H](C)c2ccccn2)CC1)C1CC1. The molecule has 2 aliphatic rings. The third-order valence-corrected chi connectivity index (χ3v) is 5.11. The summed E-state index contributed by atoms with van der Waals surface area (Å²) in [5.41, 5.74) is 1.09. The molecule has 2 atom stereocenters. The number of methoxy groups -OCH3 is 1. The van der Waals surface area contributed by atoms with Gasteiger partial charge in [-0.1, -0.05) is 6.07 Å². The van der Waals surface area contributed by atoms with Crippen molar-refractivity contribution in [3.05, 3.63) is 30.1 Å². The van der Waals surface area contributed by atoms with Crippen LogP contribution in [0.5, 0.6) is 0 Å². The lowest BCUT2D eigenvalue weighted by Crippen LogP contribution is -2.54. The van der Waals surface area contributed by atoms with Crippen molar-refractivity contribution >= 4 is 6.03 Å². The topological polar surface area (TPSA) is 57.7 Å². The average Bonchev–Trinajstić information content (AvgIpc) is 3.47. The number of aromatic nitrogens is 1. The lowest BCUT2D eigenvalue weighted by Gasteiger charge is -2.38. The number of hydrogen-bond donors (Lipinski definition) is 1. The van der Waals surface area contributed by atoms with E-state index in [2.05, 4.69) is 28.2 Å². The number of ether oxygens (including phenoxy) is 1. The van der Waals surface area contributed by atoms with E-state index in [-0.39, 0.29) is 18.1 Å². The van der Waals surface area contributed by atoms with Crippen LogP contribution in [0.4, 0.5) is 4.79 Å². The fraction of sp³-hybridized carbons (Fsp3) is 0.667. The fourth-order valence-electron chi connectivity index (χ4n) is 3.35. The number of rotatable bonds is 6. The zero-order chi connectivity index (χ0) is 16.9. The minimum atomic E-state index is 0.0501. The molecule has 132 valence electrons. The monoisotopic (exact) mass is 332 g/mol. The van der Waals surface area contributed by atoms with E-state index < -0.39 is 0 Å². The van der Waals surface area contributed by atoms with Crippen LogP contribution < -0.4 is 5.32 Å². The van der Waals surface area contributed by atoms with Crippen molar-refractivity contribution in [3.8, 4) is 0 Å². The van der Waals surface area contributed by atoms with E-state index in [9.17, 15) is 4.79 Å². The number of nitrogens with zero attached hydrogens (tertiary/aromatic N) is 3. The van der Waals surface area contributed by atoms with Gasteiger partial charge >= 0.3 is 6.03 Å². The summed E-state index contributed by atoms with van der Waals surface area (Å²) in [6.45, 7) is 6.06. The van der Waals surface area contributed by atoms with E-state index in [4.69, 9.17) is 4.74 Å². The van der Waals surface area contributed by atoms with Gasteiger partial charge in [-0.3, -0.25) is 9.88 Å². The summed E-state index contributed by atoms with van der Waals surface area (Å²) in [7, 11) is 1.69. The number of carbonyl (C=O) groups is 1. The minimum Gasteiger partial charge on any atom is -0.383 e. The summed E-state index contributed by atoms with van der Waals surface area (Å²) < 4.78 is 5.24. The Morgan fingerprint density at radius 1 is 1.33 bits per heavy atom. The van der Waals surface area contributed by atoms with Crippen LogP contribution in [0.3, 0.4) is 0 Å². The number of amides is 2. The number of carbonyl (C=O) groups excluding carboxylic acids is 1. The van der Waals surface area contributed by atoms with Crippen molar-refractivity contribution < 1.29 is 9.53 Å². The number of nitrogens with one attached hydrogen (secondary N) is 1. The minimum absolute atomic E-state index is 0.0501. The standard InChI is InChI=1S/C18H28N4O2/c1-14(16-5-3-4-8-19-16)21-9-11-22(12-10-21)18(23)20-17(13-24-2)15-6-7-15/h3-5,8,14-15,17H,6-7,9-13H2,1-2H3,(H,20,23)/t14-,17+/m0/s1. The van der Waals surface area contributed by atoms with E-state index in [0.29, 0.717) is 12.5 Å². The molecule has 0 aromatic carbocycles. The second-order valence-corrected chi connectivity index (χ2v) is 6.80. The Labute approximate surface area is 144 Å². The van der Waals surface area contributed by atoms with E-state index in [1.165, 1.54) is 12.8 Å². The number of piperazine rings is 1. The zero-order valence-corrected chi connectivity index (χ0v) is 14.6. The molecule has 1 N–H and O–H groups in total. The molecule has 2 fully saturated rings. The van der Waals surface area contributed by atoms with E-state index in [1.54, 1.807) is 7.11 Å². The van der Waals surface area contributed by atoms with Gasteiger partial charge in [0.15, 0.2) is 0 Å². The zero-order valence-electron chi connectivity index (χ0n) is 14.6. The molecule has 1 aromatic rings. The Hall–Kier alpha value is -1.66. The predicted octanol–water partition coefficient (Wildman–Crippen LogP) is 1.89. The molecule has 6 heteroatoms. The molecule has 1 aromatic heterocycles. The summed E-state index contributed by atoms with van der Waals surface area (Å²) in [5, 5.41) is 3.16. The molecule has 0 unspecified atom stereocenters. The lowest BCUT2D eigenvalue weighted by atomic mass is 10.1. The Balaban J connectivity index is 1.48. The summed E-state index contributed by atoms with van der Waals surface area (Å²) in [4.78, 5) is 21.2. The highest BCUT2D eigenvalue weighted by Gasteiger charge is 2.34. The number of hydrogen-bond acceptors (Lipinski definition) is 4. The molecule has 24 heavy (non-hydrogen) atoms. The molecule has 2 heterocycles. The van der Waals surface area contributed by atoms with Gasteiger partial charge in [-0.05, 0) is 37.8 Å². The van der Waals surface area contributed by atoms with Gasteiger partial charge in [-0.2, -0.15) is 0 Å². The third kappa shape index (κ3) is 4.24. The molecule has 1 aliphatic heterocycles. The highest BCUT2D eigenvalue weighted by molar-refractivity contribution is 5.74. The lowest BCUT2D eigenvalue weighted by molar-refractivity contribution is 0.105. The summed E-state index contributed by atoms with van der Waals surface area (Å²) in [6.07, 6.45) is 4.23. The van der Waals surface area contributed by atoms with Crippen LogP contribution in [0, 0.1) is 5.92 Å². The highest BCUT2D eigenvalue weighted by Crippen LogP contribution is 2.32. The molecular weight excluding hydrogens is 304 g/mol. The Morgan fingerprint density at radius 2 is 2.08 bits per heavy atom. The maximum atomic E-state index is 12.5. The highest BCUT2D eigenvalue weighted by atomic mass is 16.5. The number of urea groups is 1.